The van der Waals surface area contributed by atoms with Gasteiger partial charge in [-0.05, 0) is 33.2 Å². The van der Waals surface area contributed by atoms with Gasteiger partial charge in [0.2, 0.25) is 10.0 Å². The lowest BCUT2D eigenvalue weighted by Gasteiger charge is -2.38. The maximum atomic E-state index is 12.6. The van der Waals surface area contributed by atoms with Gasteiger partial charge < -0.3 is 9.42 Å². The van der Waals surface area contributed by atoms with Gasteiger partial charge in [0.1, 0.15) is 10.6 Å². The minimum absolute atomic E-state index is 0.171. The van der Waals surface area contributed by atoms with E-state index >= 15 is 0 Å². The minimum atomic E-state index is -3.60. The van der Waals surface area contributed by atoms with Crippen molar-refractivity contribution in [1.82, 2.24) is 19.7 Å². The van der Waals surface area contributed by atoms with Crippen molar-refractivity contribution in [1.29, 1.82) is 0 Å². The molecule has 0 amide bonds. The first-order chi connectivity index (χ1) is 11.2. The molecule has 0 aliphatic carbocycles. The Morgan fingerprint density at radius 1 is 1.21 bits per heavy atom. The van der Waals surface area contributed by atoms with E-state index in [4.69, 9.17) is 4.52 Å². The molecule has 7 nitrogen and oxygen atoms in total. The summed E-state index contributed by atoms with van der Waals surface area (Å²) >= 11 is 0. The van der Waals surface area contributed by atoms with Crippen LogP contribution in [0.3, 0.4) is 0 Å². The Balaban J connectivity index is 2.07. The standard InChI is InChI=1S/C16H30N4O3S/c1-12(2)10-15(20-8-6-19(5)7-9-20)11-17-24(21,22)16-13(3)18-23-14(16)4/h12,15,17H,6-11H2,1-5H3. The maximum absolute atomic E-state index is 12.6. The average molecular weight is 359 g/mol. The van der Waals surface area contributed by atoms with Crippen LogP contribution in [0.4, 0.5) is 0 Å². The Kier molecular flexibility index (Phi) is 6.41. The van der Waals surface area contributed by atoms with Crippen molar-refractivity contribution in [2.24, 2.45) is 5.92 Å². The van der Waals surface area contributed by atoms with E-state index in [1.165, 1.54) is 0 Å². The van der Waals surface area contributed by atoms with Gasteiger partial charge in [0.25, 0.3) is 0 Å². The third kappa shape index (κ3) is 4.78. The summed E-state index contributed by atoms with van der Waals surface area (Å²) in [5, 5.41) is 3.75. The van der Waals surface area contributed by atoms with Crippen molar-refractivity contribution >= 4 is 10.0 Å². The van der Waals surface area contributed by atoms with Gasteiger partial charge in [-0.3, -0.25) is 4.90 Å². The van der Waals surface area contributed by atoms with Gasteiger partial charge in [-0.1, -0.05) is 19.0 Å². The van der Waals surface area contributed by atoms with Gasteiger partial charge in [-0.15, -0.1) is 0 Å². The molecular formula is C16H30N4O3S. The number of nitrogens with zero attached hydrogens (tertiary/aromatic N) is 3. The third-order valence-corrected chi connectivity index (χ3v) is 6.21. The zero-order valence-corrected chi connectivity index (χ0v) is 16.2. The van der Waals surface area contributed by atoms with Crippen LogP contribution in [0.1, 0.15) is 31.7 Å². The van der Waals surface area contributed by atoms with Crippen LogP contribution in [0.25, 0.3) is 0 Å². The van der Waals surface area contributed by atoms with Crippen molar-refractivity contribution < 1.29 is 12.9 Å². The molecule has 0 aromatic carbocycles. The second-order valence-corrected chi connectivity index (χ2v) is 8.83. The number of rotatable bonds is 7. The van der Waals surface area contributed by atoms with Gasteiger partial charge in [0.05, 0.1) is 0 Å². The Bertz CT molecular complexity index is 614. The molecule has 0 radical (unpaired) electrons. The number of aromatic nitrogens is 1. The van der Waals surface area contributed by atoms with E-state index in [-0.39, 0.29) is 10.9 Å². The van der Waals surface area contributed by atoms with E-state index in [2.05, 4.69) is 40.6 Å². The van der Waals surface area contributed by atoms with Gasteiger partial charge in [-0.2, -0.15) is 0 Å². The van der Waals surface area contributed by atoms with Crippen LogP contribution in [0.2, 0.25) is 0 Å². The van der Waals surface area contributed by atoms with Crippen molar-refractivity contribution in [3.8, 4) is 0 Å². The Morgan fingerprint density at radius 2 is 1.83 bits per heavy atom. The highest BCUT2D eigenvalue weighted by atomic mass is 32.2. The molecule has 1 unspecified atom stereocenters. The number of hydrogen-bond donors (Lipinski definition) is 1. The van der Waals surface area contributed by atoms with E-state index in [1.807, 2.05) is 0 Å². The number of sulfonamides is 1. The topological polar surface area (TPSA) is 78.7 Å². The zero-order chi connectivity index (χ0) is 17.9. The summed E-state index contributed by atoms with van der Waals surface area (Å²) < 4.78 is 33.0. The number of nitrogens with one attached hydrogen (secondary N) is 1. The molecule has 0 bridgehead atoms. The molecule has 1 aromatic rings. The van der Waals surface area contributed by atoms with Crippen molar-refractivity contribution in [3.05, 3.63) is 11.5 Å². The molecule has 1 aliphatic heterocycles. The summed E-state index contributed by atoms with van der Waals surface area (Å²) in [6, 6.07) is 0.203. The summed E-state index contributed by atoms with van der Waals surface area (Å²) in [5.74, 6) is 0.846. The molecule has 1 fully saturated rings. The summed E-state index contributed by atoms with van der Waals surface area (Å²) in [6.07, 6.45) is 0.966. The second kappa shape index (κ2) is 7.95. The highest BCUT2D eigenvalue weighted by Crippen LogP contribution is 2.19. The monoisotopic (exact) mass is 358 g/mol. The first-order valence-electron chi connectivity index (χ1n) is 8.56. The SMILES string of the molecule is Cc1noc(C)c1S(=O)(=O)NCC(CC(C)C)N1CCN(C)CC1. The molecule has 138 valence electrons. The molecule has 1 aliphatic rings. The normalized spacial score (nSPS) is 19.1. The first kappa shape index (κ1) is 19.4. The Morgan fingerprint density at radius 3 is 2.33 bits per heavy atom. The molecule has 1 atom stereocenters. The van der Waals surface area contributed by atoms with Crippen LogP contribution in [-0.4, -0.2) is 69.2 Å². The molecule has 1 saturated heterocycles. The molecule has 1 N–H and O–H groups in total. The third-order valence-electron chi connectivity index (χ3n) is 4.54. The van der Waals surface area contributed by atoms with Gasteiger partial charge >= 0.3 is 0 Å². The lowest BCUT2D eigenvalue weighted by Crippen LogP contribution is -2.52. The van der Waals surface area contributed by atoms with Gasteiger partial charge in [0.15, 0.2) is 5.76 Å². The maximum Gasteiger partial charge on any atom is 0.246 e. The van der Waals surface area contributed by atoms with Crippen LogP contribution in [-0.2, 0) is 10.0 Å². The van der Waals surface area contributed by atoms with Gasteiger partial charge in [0, 0.05) is 38.8 Å². The fourth-order valence-corrected chi connectivity index (χ4v) is 4.63. The fraction of sp³-hybridized carbons (Fsp3) is 0.812. The smallest absolute Gasteiger partial charge is 0.246 e. The molecule has 1 aromatic heterocycles. The molecular weight excluding hydrogens is 328 g/mol. The number of aryl methyl sites for hydroxylation is 2. The van der Waals surface area contributed by atoms with E-state index < -0.39 is 10.0 Å². The number of piperazine rings is 1. The van der Waals surface area contributed by atoms with E-state index in [0.717, 1.165) is 32.6 Å². The van der Waals surface area contributed by atoms with Crippen LogP contribution in [0, 0.1) is 19.8 Å². The Labute approximate surface area is 145 Å². The molecule has 0 saturated carbocycles. The Hall–Kier alpha value is -0.960. The lowest BCUT2D eigenvalue weighted by molar-refractivity contribution is 0.102. The number of hydrogen-bond acceptors (Lipinski definition) is 6. The summed E-state index contributed by atoms with van der Waals surface area (Å²) in [7, 11) is -1.48. The molecule has 2 heterocycles. The van der Waals surface area contributed by atoms with Crippen molar-refractivity contribution in [2.45, 2.75) is 45.1 Å². The number of likely N-dealkylation sites (N-methyl/N-ethyl adjacent to an activating group) is 1. The van der Waals surface area contributed by atoms with E-state index in [0.29, 0.717) is 23.9 Å². The predicted octanol–water partition coefficient (Wildman–Crippen LogP) is 1.23. The lowest BCUT2D eigenvalue weighted by atomic mass is 10.0. The molecule has 8 heteroatoms. The first-order valence-corrected chi connectivity index (χ1v) is 10.0. The van der Waals surface area contributed by atoms with E-state index in [9.17, 15) is 8.42 Å². The second-order valence-electron chi connectivity index (χ2n) is 7.13. The van der Waals surface area contributed by atoms with Crippen LogP contribution in [0.15, 0.2) is 9.42 Å². The highest BCUT2D eigenvalue weighted by Gasteiger charge is 2.28. The highest BCUT2D eigenvalue weighted by molar-refractivity contribution is 7.89. The quantitative estimate of drug-likeness (QED) is 0.790. The fourth-order valence-electron chi connectivity index (χ4n) is 3.23. The minimum Gasteiger partial charge on any atom is -0.360 e. The predicted molar refractivity (Wildman–Crippen MR) is 93.5 cm³/mol. The zero-order valence-electron chi connectivity index (χ0n) is 15.4. The summed E-state index contributed by atoms with van der Waals surface area (Å²) in [4.78, 5) is 4.87. The van der Waals surface area contributed by atoms with Crippen LogP contribution in [0.5, 0.6) is 0 Å². The summed E-state index contributed by atoms with van der Waals surface area (Å²) in [5.41, 5.74) is 0.403. The van der Waals surface area contributed by atoms with Gasteiger partial charge in [-0.25, -0.2) is 13.1 Å². The van der Waals surface area contributed by atoms with Crippen molar-refractivity contribution in [2.75, 3.05) is 39.8 Å². The molecule has 2 rings (SSSR count). The largest absolute Gasteiger partial charge is 0.360 e. The average Bonchev–Trinajstić information content (AvgIpc) is 2.84. The molecule has 24 heavy (non-hydrogen) atoms. The van der Waals surface area contributed by atoms with Crippen LogP contribution >= 0.6 is 0 Å². The summed E-state index contributed by atoms with van der Waals surface area (Å²) in [6.45, 7) is 12.0. The van der Waals surface area contributed by atoms with Crippen molar-refractivity contribution in [3.63, 3.8) is 0 Å². The molecule has 0 spiro atoms. The van der Waals surface area contributed by atoms with Crippen LogP contribution < -0.4 is 4.72 Å². The van der Waals surface area contributed by atoms with E-state index in [1.54, 1.807) is 13.8 Å².